The largest absolute Gasteiger partial charge is 0.482 e. The molecule has 1 atom stereocenters. The molecule has 0 aliphatic rings. The van der Waals surface area contributed by atoms with Crippen molar-refractivity contribution in [3.63, 3.8) is 0 Å². The first-order valence-electron chi connectivity index (χ1n) is 8.15. The molecule has 0 aliphatic carbocycles. The van der Waals surface area contributed by atoms with Crippen LogP contribution in [-0.2, 0) is 14.3 Å². The van der Waals surface area contributed by atoms with E-state index in [-0.39, 0.29) is 25.2 Å². The summed E-state index contributed by atoms with van der Waals surface area (Å²) in [7, 11) is 0. The Kier molecular flexibility index (Phi) is 6.57. The number of nitrogens with one attached hydrogen (secondary N) is 1. The van der Waals surface area contributed by atoms with Gasteiger partial charge in [-0.3, -0.25) is 4.79 Å². The van der Waals surface area contributed by atoms with E-state index in [1.807, 2.05) is 69.3 Å². The molecule has 0 heterocycles. The van der Waals surface area contributed by atoms with Crippen molar-refractivity contribution in [3.05, 3.63) is 65.2 Å². The van der Waals surface area contributed by atoms with Gasteiger partial charge in [0.25, 0.3) is 5.91 Å². The lowest BCUT2D eigenvalue weighted by atomic mass is 10.1. The summed E-state index contributed by atoms with van der Waals surface area (Å²) in [5.74, 6) is -0.325. The van der Waals surface area contributed by atoms with E-state index < -0.39 is 5.97 Å². The summed E-state index contributed by atoms with van der Waals surface area (Å²) in [6.07, 6.45) is 0. The minimum atomic E-state index is -0.582. The van der Waals surface area contributed by atoms with Crippen LogP contribution < -0.4 is 10.1 Å². The van der Waals surface area contributed by atoms with E-state index in [0.29, 0.717) is 5.75 Å². The van der Waals surface area contributed by atoms with Gasteiger partial charge in [-0.1, -0.05) is 36.4 Å². The fraction of sp³-hybridized carbons (Fsp3) is 0.300. The molecule has 1 amide bonds. The smallest absolute Gasteiger partial charge is 0.344 e. The Bertz CT molecular complexity index is 707. The zero-order valence-electron chi connectivity index (χ0n) is 14.7. The SMILES string of the molecule is Cc1cc(C)cc(OCC(=O)OCC(=O)N[C@H](C)c2ccccc2)c1. The van der Waals surface area contributed by atoms with E-state index in [4.69, 9.17) is 9.47 Å². The average molecular weight is 341 g/mol. The number of carbonyl (C=O) groups is 2. The predicted octanol–water partition coefficient (Wildman–Crippen LogP) is 3.10. The summed E-state index contributed by atoms with van der Waals surface area (Å²) < 4.78 is 10.4. The van der Waals surface area contributed by atoms with Gasteiger partial charge >= 0.3 is 5.97 Å². The molecule has 0 radical (unpaired) electrons. The van der Waals surface area contributed by atoms with Crippen LogP contribution in [0.3, 0.4) is 0 Å². The topological polar surface area (TPSA) is 64.6 Å². The number of hydrogen-bond donors (Lipinski definition) is 1. The van der Waals surface area contributed by atoms with E-state index in [2.05, 4.69) is 5.32 Å². The van der Waals surface area contributed by atoms with E-state index in [1.165, 1.54) is 0 Å². The Morgan fingerprint density at radius 3 is 2.28 bits per heavy atom. The maximum absolute atomic E-state index is 11.9. The monoisotopic (exact) mass is 341 g/mol. The number of esters is 1. The van der Waals surface area contributed by atoms with Crippen LogP contribution in [0.25, 0.3) is 0 Å². The minimum Gasteiger partial charge on any atom is -0.482 e. The molecule has 0 spiro atoms. The van der Waals surface area contributed by atoms with Crippen molar-refractivity contribution in [2.24, 2.45) is 0 Å². The molecule has 25 heavy (non-hydrogen) atoms. The van der Waals surface area contributed by atoms with Crippen LogP contribution in [0.4, 0.5) is 0 Å². The van der Waals surface area contributed by atoms with Crippen molar-refractivity contribution in [2.75, 3.05) is 13.2 Å². The van der Waals surface area contributed by atoms with E-state index in [9.17, 15) is 9.59 Å². The molecule has 132 valence electrons. The minimum absolute atomic E-state index is 0.154. The molecule has 0 bridgehead atoms. The van der Waals surface area contributed by atoms with E-state index in [0.717, 1.165) is 16.7 Å². The fourth-order valence-corrected chi connectivity index (χ4v) is 2.45. The molecule has 0 saturated heterocycles. The second-order valence-electron chi connectivity index (χ2n) is 5.97. The molecular formula is C20H23NO4. The van der Waals surface area contributed by atoms with Crippen molar-refractivity contribution in [2.45, 2.75) is 26.8 Å². The van der Waals surface area contributed by atoms with Crippen molar-refractivity contribution in [1.82, 2.24) is 5.32 Å². The van der Waals surface area contributed by atoms with Gasteiger partial charge < -0.3 is 14.8 Å². The van der Waals surface area contributed by atoms with Crippen LogP contribution >= 0.6 is 0 Å². The third kappa shape index (κ3) is 6.30. The summed E-state index contributed by atoms with van der Waals surface area (Å²) in [4.78, 5) is 23.6. The van der Waals surface area contributed by atoms with Crippen LogP contribution in [0.2, 0.25) is 0 Å². The fourth-order valence-electron chi connectivity index (χ4n) is 2.45. The van der Waals surface area contributed by atoms with Gasteiger partial charge in [-0.25, -0.2) is 4.79 Å². The van der Waals surface area contributed by atoms with E-state index in [1.54, 1.807) is 0 Å². The number of hydrogen-bond acceptors (Lipinski definition) is 4. The molecule has 2 rings (SSSR count). The summed E-state index contributed by atoms with van der Waals surface area (Å²) in [6.45, 7) is 5.22. The number of aryl methyl sites for hydroxylation is 2. The first-order valence-corrected chi connectivity index (χ1v) is 8.15. The van der Waals surface area contributed by atoms with Crippen molar-refractivity contribution in [1.29, 1.82) is 0 Å². The van der Waals surface area contributed by atoms with Crippen LogP contribution in [0, 0.1) is 13.8 Å². The Morgan fingerprint density at radius 1 is 1.00 bits per heavy atom. The lowest BCUT2D eigenvalue weighted by Gasteiger charge is -2.14. The van der Waals surface area contributed by atoms with E-state index >= 15 is 0 Å². The molecule has 0 aromatic heterocycles. The van der Waals surface area contributed by atoms with Crippen molar-refractivity contribution >= 4 is 11.9 Å². The van der Waals surface area contributed by atoms with Crippen LogP contribution in [0.1, 0.15) is 29.7 Å². The number of carbonyl (C=O) groups excluding carboxylic acids is 2. The third-order valence-electron chi connectivity index (χ3n) is 3.59. The zero-order valence-corrected chi connectivity index (χ0v) is 14.7. The van der Waals surface area contributed by atoms with Crippen molar-refractivity contribution < 1.29 is 19.1 Å². The quantitative estimate of drug-likeness (QED) is 0.786. The van der Waals surface area contributed by atoms with Gasteiger partial charge in [0.2, 0.25) is 0 Å². The van der Waals surface area contributed by atoms with Crippen molar-refractivity contribution in [3.8, 4) is 5.75 Å². The second-order valence-corrected chi connectivity index (χ2v) is 5.97. The van der Waals surface area contributed by atoms with Gasteiger partial charge in [-0.2, -0.15) is 0 Å². The molecule has 0 saturated carbocycles. The van der Waals surface area contributed by atoms with Gasteiger partial charge in [0.05, 0.1) is 6.04 Å². The predicted molar refractivity (Wildman–Crippen MR) is 95.4 cm³/mol. The molecule has 0 aliphatic heterocycles. The molecular weight excluding hydrogens is 318 g/mol. The Morgan fingerprint density at radius 2 is 1.64 bits per heavy atom. The van der Waals surface area contributed by atoms with Gasteiger partial charge in [0, 0.05) is 0 Å². The number of ether oxygens (including phenoxy) is 2. The molecule has 5 nitrogen and oxygen atoms in total. The van der Waals surface area contributed by atoms with Gasteiger partial charge in [0.1, 0.15) is 5.75 Å². The van der Waals surface area contributed by atoms with Crippen LogP contribution in [0.5, 0.6) is 5.75 Å². The summed E-state index contributed by atoms with van der Waals surface area (Å²) in [6, 6.07) is 15.1. The molecule has 2 aromatic rings. The van der Waals surface area contributed by atoms with Gasteiger partial charge in [-0.05, 0) is 49.6 Å². The zero-order chi connectivity index (χ0) is 18.2. The van der Waals surface area contributed by atoms with Crippen LogP contribution in [-0.4, -0.2) is 25.1 Å². The summed E-state index contributed by atoms with van der Waals surface area (Å²) in [5, 5.41) is 2.78. The molecule has 2 aromatic carbocycles. The summed E-state index contributed by atoms with van der Waals surface area (Å²) >= 11 is 0. The molecule has 0 unspecified atom stereocenters. The van der Waals surface area contributed by atoms with Crippen LogP contribution in [0.15, 0.2) is 48.5 Å². The summed E-state index contributed by atoms with van der Waals surface area (Å²) in [5.41, 5.74) is 3.09. The normalized spacial score (nSPS) is 11.5. The Balaban J connectivity index is 1.73. The van der Waals surface area contributed by atoms with Gasteiger partial charge in [0.15, 0.2) is 13.2 Å². The lowest BCUT2D eigenvalue weighted by molar-refractivity contribution is -0.150. The molecule has 5 heteroatoms. The second kappa shape index (κ2) is 8.87. The maximum atomic E-state index is 11.9. The highest BCUT2D eigenvalue weighted by molar-refractivity contribution is 5.81. The van der Waals surface area contributed by atoms with Gasteiger partial charge in [-0.15, -0.1) is 0 Å². The number of amides is 1. The maximum Gasteiger partial charge on any atom is 0.344 e. The first kappa shape index (κ1) is 18.5. The lowest BCUT2D eigenvalue weighted by Crippen LogP contribution is -2.31. The third-order valence-corrected chi connectivity index (χ3v) is 3.59. The highest BCUT2D eigenvalue weighted by atomic mass is 16.6. The highest BCUT2D eigenvalue weighted by Crippen LogP contribution is 2.16. The first-order chi connectivity index (χ1) is 11.9. The molecule has 0 fully saturated rings. The Labute approximate surface area is 148 Å². The Hall–Kier alpha value is -2.82. The average Bonchev–Trinajstić information content (AvgIpc) is 2.58. The highest BCUT2D eigenvalue weighted by Gasteiger charge is 2.12. The molecule has 1 N–H and O–H groups in total. The number of benzene rings is 2. The number of rotatable bonds is 7. The standard InChI is InChI=1S/C20H23NO4/c1-14-9-15(2)11-18(10-14)24-13-20(23)25-12-19(22)21-16(3)17-7-5-4-6-8-17/h4-11,16H,12-13H2,1-3H3,(H,21,22)/t16-/m1/s1.